The number of amides is 2. The van der Waals surface area contributed by atoms with Crippen molar-refractivity contribution in [1.82, 2.24) is 10.6 Å². The Hall–Kier alpha value is -2.25. The van der Waals surface area contributed by atoms with E-state index in [1.807, 2.05) is 0 Å². The van der Waals surface area contributed by atoms with Crippen LogP contribution in [0.25, 0.3) is 0 Å². The monoisotopic (exact) mass is 372 g/mol. The van der Waals surface area contributed by atoms with Gasteiger partial charge < -0.3 is 15.7 Å². The number of carbonyl (C=O) groups is 2. The first-order valence-electron chi connectivity index (χ1n) is 8.48. The second-order valence-electron chi connectivity index (χ2n) is 7.19. The zero-order valence-corrected chi connectivity index (χ0v) is 14.7. The van der Waals surface area contributed by atoms with Gasteiger partial charge in [-0.1, -0.05) is 12.1 Å². The van der Waals surface area contributed by atoms with Gasteiger partial charge in [-0.3, -0.25) is 4.79 Å². The van der Waals surface area contributed by atoms with Gasteiger partial charge in [0.25, 0.3) is 0 Å². The van der Waals surface area contributed by atoms with E-state index in [4.69, 9.17) is 5.11 Å². The van der Waals surface area contributed by atoms with Crippen LogP contribution in [0.5, 0.6) is 0 Å². The molecule has 1 aromatic rings. The lowest BCUT2D eigenvalue weighted by Crippen LogP contribution is -2.50. The summed E-state index contributed by atoms with van der Waals surface area (Å²) in [4.78, 5) is 23.2. The molecule has 1 fully saturated rings. The second-order valence-corrected chi connectivity index (χ2v) is 7.19. The van der Waals surface area contributed by atoms with E-state index in [-0.39, 0.29) is 12.0 Å². The van der Waals surface area contributed by atoms with E-state index in [0.29, 0.717) is 31.2 Å². The summed E-state index contributed by atoms with van der Waals surface area (Å²) in [6.45, 7) is 3.26. The maximum atomic E-state index is 12.9. The molecule has 0 aromatic heterocycles. The van der Waals surface area contributed by atoms with E-state index >= 15 is 0 Å². The molecule has 3 N–H and O–H groups in total. The molecule has 1 aliphatic carbocycles. The van der Waals surface area contributed by atoms with Crippen LogP contribution in [-0.4, -0.2) is 23.1 Å². The first kappa shape index (κ1) is 20.1. The molecule has 5 nitrogen and oxygen atoms in total. The smallest absolute Gasteiger partial charge is 0.416 e. The fourth-order valence-corrected chi connectivity index (χ4v) is 3.15. The Balaban J connectivity index is 1.96. The average Bonchev–Trinajstić information content (AvgIpc) is 2.54. The summed E-state index contributed by atoms with van der Waals surface area (Å²) in [7, 11) is 0. The van der Waals surface area contributed by atoms with Crippen LogP contribution in [0.1, 0.15) is 50.7 Å². The molecule has 0 aliphatic heterocycles. The third-order valence-electron chi connectivity index (χ3n) is 4.75. The summed E-state index contributed by atoms with van der Waals surface area (Å²) >= 11 is 0. The minimum Gasteiger partial charge on any atom is -0.481 e. The van der Waals surface area contributed by atoms with Crippen LogP contribution >= 0.6 is 0 Å². The van der Waals surface area contributed by atoms with Gasteiger partial charge >= 0.3 is 18.2 Å². The zero-order chi connectivity index (χ0) is 19.5. The molecule has 26 heavy (non-hydrogen) atoms. The van der Waals surface area contributed by atoms with E-state index in [1.165, 1.54) is 12.1 Å². The van der Waals surface area contributed by atoms with E-state index in [9.17, 15) is 22.8 Å². The van der Waals surface area contributed by atoms with E-state index in [0.717, 1.165) is 12.1 Å². The van der Waals surface area contributed by atoms with Gasteiger partial charge in [-0.2, -0.15) is 13.2 Å². The number of rotatable bonds is 4. The molecular formula is C18H23F3N2O3. The second kappa shape index (κ2) is 7.55. The topological polar surface area (TPSA) is 78.4 Å². The van der Waals surface area contributed by atoms with Crippen LogP contribution in [0.4, 0.5) is 18.0 Å². The van der Waals surface area contributed by atoms with Crippen molar-refractivity contribution in [2.24, 2.45) is 5.92 Å². The molecular weight excluding hydrogens is 349 g/mol. The third-order valence-corrected chi connectivity index (χ3v) is 4.75. The SMILES string of the molecule is CC(C)(NC(=O)NC1CCC(C(=O)O)CC1)c1cccc(C(F)(F)F)c1. The molecule has 0 unspecified atom stereocenters. The van der Waals surface area contributed by atoms with Crippen molar-refractivity contribution < 1.29 is 27.9 Å². The molecule has 144 valence electrons. The normalized spacial score (nSPS) is 21.1. The number of nitrogens with one attached hydrogen (secondary N) is 2. The van der Waals surface area contributed by atoms with Crippen LogP contribution in [-0.2, 0) is 16.5 Å². The summed E-state index contributed by atoms with van der Waals surface area (Å²) in [5.41, 5.74) is -1.42. The van der Waals surface area contributed by atoms with E-state index in [1.54, 1.807) is 13.8 Å². The molecule has 0 spiro atoms. The molecule has 1 saturated carbocycles. The Kier molecular flexibility index (Phi) is 5.83. The lowest BCUT2D eigenvalue weighted by atomic mass is 9.86. The van der Waals surface area contributed by atoms with Crippen molar-refractivity contribution in [3.05, 3.63) is 35.4 Å². The van der Waals surface area contributed by atoms with Gasteiger partial charge in [0.15, 0.2) is 0 Å². The lowest BCUT2D eigenvalue weighted by Gasteiger charge is -2.31. The minimum absolute atomic E-state index is 0.136. The molecule has 1 aliphatic rings. The number of carboxylic acids is 1. The van der Waals surface area contributed by atoms with Crippen molar-refractivity contribution in [2.75, 3.05) is 0 Å². The molecule has 2 rings (SSSR count). The predicted molar refractivity (Wildman–Crippen MR) is 89.5 cm³/mol. The number of benzene rings is 1. The van der Waals surface area contributed by atoms with Crippen molar-refractivity contribution in [1.29, 1.82) is 0 Å². The quantitative estimate of drug-likeness (QED) is 0.750. The van der Waals surface area contributed by atoms with Gasteiger partial charge in [0.2, 0.25) is 0 Å². The number of carbonyl (C=O) groups excluding carboxylic acids is 1. The maximum Gasteiger partial charge on any atom is 0.416 e. The fourth-order valence-electron chi connectivity index (χ4n) is 3.15. The molecule has 1 aromatic carbocycles. The van der Waals surface area contributed by atoms with Gasteiger partial charge in [-0.15, -0.1) is 0 Å². The minimum atomic E-state index is -4.45. The van der Waals surface area contributed by atoms with Gasteiger partial charge in [0, 0.05) is 6.04 Å². The zero-order valence-electron chi connectivity index (χ0n) is 14.7. The number of carboxylic acid groups (broad SMARTS) is 1. The molecule has 0 bridgehead atoms. The average molecular weight is 372 g/mol. The number of aliphatic carboxylic acids is 1. The Morgan fingerprint density at radius 2 is 1.65 bits per heavy atom. The van der Waals surface area contributed by atoms with E-state index in [2.05, 4.69) is 10.6 Å². The first-order chi connectivity index (χ1) is 12.0. The fraction of sp³-hybridized carbons (Fsp3) is 0.556. The maximum absolute atomic E-state index is 12.9. The largest absolute Gasteiger partial charge is 0.481 e. The Morgan fingerprint density at radius 3 is 2.19 bits per heavy atom. The van der Waals surface area contributed by atoms with Gasteiger partial charge in [0.1, 0.15) is 0 Å². The number of alkyl halides is 3. The molecule has 0 radical (unpaired) electrons. The van der Waals surface area contributed by atoms with Gasteiger partial charge in [0.05, 0.1) is 17.0 Å². The molecule has 0 heterocycles. The van der Waals surface area contributed by atoms with Crippen molar-refractivity contribution in [3.63, 3.8) is 0 Å². The Bertz CT molecular complexity index is 666. The first-order valence-corrected chi connectivity index (χ1v) is 8.48. The summed E-state index contributed by atoms with van der Waals surface area (Å²) in [6, 6.07) is 4.24. The molecule has 0 atom stereocenters. The lowest BCUT2D eigenvalue weighted by molar-refractivity contribution is -0.143. The number of halogens is 3. The van der Waals surface area contributed by atoms with Crippen LogP contribution in [0.2, 0.25) is 0 Å². The predicted octanol–water partition coefficient (Wildman–Crippen LogP) is 3.88. The van der Waals surface area contributed by atoms with E-state index < -0.39 is 29.3 Å². The summed E-state index contributed by atoms with van der Waals surface area (Å²) < 4.78 is 38.6. The van der Waals surface area contributed by atoms with Gasteiger partial charge in [-0.05, 0) is 57.2 Å². The van der Waals surface area contributed by atoms with Crippen molar-refractivity contribution in [3.8, 4) is 0 Å². The highest BCUT2D eigenvalue weighted by Crippen LogP contribution is 2.32. The van der Waals surface area contributed by atoms with Gasteiger partial charge in [-0.25, -0.2) is 4.79 Å². The van der Waals surface area contributed by atoms with Crippen molar-refractivity contribution >= 4 is 12.0 Å². The molecule has 8 heteroatoms. The van der Waals surface area contributed by atoms with Crippen LogP contribution in [0.15, 0.2) is 24.3 Å². The molecule has 0 saturated heterocycles. The Morgan fingerprint density at radius 1 is 1.08 bits per heavy atom. The molecule has 2 amide bonds. The number of hydrogen-bond acceptors (Lipinski definition) is 2. The highest BCUT2D eigenvalue weighted by molar-refractivity contribution is 5.75. The van der Waals surface area contributed by atoms with Crippen LogP contribution in [0, 0.1) is 5.92 Å². The summed E-state index contributed by atoms with van der Waals surface area (Å²) in [5.74, 6) is -1.20. The highest BCUT2D eigenvalue weighted by atomic mass is 19.4. The van der Waals surface area contributed by atoms with Crippen LogP contribution in [0.3, 0.4) is 0 Å². The third kappa shape index (κ3) is 5.12. The highest BCUT2D eigenvalue weighted by Gasteiger charge is 2.33. The summed E-state index contributed by atoms with van der Waals surface area (Å²) in [5, 5.41) is 14.5. The number of hydrogen-bond donors (Lipinski definition) is 3. The van der Waals surface area contributed by atoms with Crippen molar-refractivity contribution in [2.45, 2.75) is 57.3 Å². The number of urea groups is 1. The Labute approximate surface area is 150 Å². The van der Waals surface area contributed by atoms with Crippen LogP contribution < -0.4 is 10.6 Å². The standard InChI is InChI=1S/C18H23F3N2O3/c1-17(2,12-4-3-5-13(10-12)18(19,20)21)23-16(26)22-14-8-6-11(7-9-14)15(24)25/h3-5,10-11,14H,6-9H2,1-2H3,(H,24,25)(H2,22,23,26). The summed E-state index contributed by atoms with van der Waals surface area (Å²) in [6.07, 6.45) is -2.32.